The first-order valence-electron chi connectivity index (χ1n) is 7.75. The lowest BCUT2D eigenvalue weighted by atomic mass is 9.89. The van der Waals surface area contributed by atoms with Crippen LogP contribution in [-0.2, 0) is 22.0 Å². The zero-order valence-corrected chi connectivity index (χ0v) is 13.9. The predicted molar refractivity (Wildman–Crippen MR) is 91.5 cm³/mol. The van der Waals surface area contributed by atoms with Crippen molar-refractivity contribution in [3.63, 3.8) is 0 Å². The molecular formula is C18H18N2O6. The number of aromatic hydroxyl groups is 2. The van der Waals surface area contributed by atoms with Crippen molar-refractivity contribution in [3.05, 3.63) is 59.4 Å². The number of nitrogens with one attached hydrogen (secondary N) is 1. The lowest BCUT2D eigenvalue weighted by Gasteiger charge is -2.34. The van der Waals surface area contributed by atoms with E-state index >= 15 is 0 Å². The first-order valence-corrected chi connectivity index (χ1v) is 7.75. The molecule has 2 aromatic rings. The predicted octanol–water partition coefficient (Wildman–Crippen LogP) is 1.20. The molecule has 1 aliphatic heterocycles. The number of benzene rings is 2. The third kappa shape index (κ3) is 3.08. The van der Waals surface area contributed by atoms with Gasteiger partial charge in [-0.2, -0.15) is 0 Å². The number of nitrogens with two attached hydrogens (primary N) is 1. The Morgan fingerprint density at radius 3 is 2.58 bits per heavy atom. The van der Waals surface area contributed by atoms with E-state index in [1.165, 1.54) is 19.3 Å². The minimum absolute atomic E-state index is 0.0160. The normalized spacial score (nSPS) is 18.5. The molecule has 1 aliphatic rings. The maximum absolute atomic E-state index is 11.3. The molecule has 0 radical (unpaired) electrons. The lowest BCUT2D eigenvalue weighted by molar-refractivity contribution is -0.211. The lowest BCUT2D eigenvalue weighted by Crippen LogP contribution is -2.40. The van der Waals surface area contributed by atoms with Crippen molar-refractivity contribution >= 4 is 11.5 Å². The van der Waals surface area contributed by atoms with Crippen LogP contribution in [0.2, 0.25) is 0 Å². The minimum atomic E-state index is -2.25. The van der Waals surface area contributed by atoms with E-state index in [0.717, 1.165) is 11.6 Å². The first kappa shape index (κ1) is 17.7. The van der Waals surface area contributed by atoms with Crippen LogP contribution in [0, 0.1) is 0 Å². The number of hydrogen-bond acceptors (Lipinski definition) is 7. The van der Waals surface area contributed by atoms with Gasteiger partial charge < -0.3 is 25.8 Å². The number of fused-ring (bicyclic) bond motifs is 1. The van der Waals surface area contributed by atoms with Crippen molar-refractivity contribution in [2.45, 2.75) is 19.3 Å². The average molecular weight is 358 g/mol. The Hall–Kier alpha value is -3.07. The van der Waals surface area contributed by atoms with Crippen molar-refractivity contribution in [2.75, 3.05) is 0 Å². The van der Waals surface area contributed by atoms with Gasteiger partial charge in [-0.05, 0) is 11.1 Å². The third-order valence-electron chi connectivity index (χ3n) is 3.92. The SMILES string of the molecule is CC(=O)NOC1(O)C(c2ccc(CN)cc2)=COc2cc(O)cc(O)c21. The molecule has 8 nitrogen and oxygen atoms in total. The number of carbonyl (C=O) groups excluding carboxylic acids is 1. The Morgan fingerprint density at radius 1 is 1.27 bits per heavy atom. The molecule has 136 valence electrons. The van der Waals surface area contributed by atoms with Crippen LogP contribution >= 0.6 is 0 Å². The average Bonchev–Trinajstić information content (AvgIpc) is 2.60. The highest BCUT2D eigenvalue weighted by molar-refractivity contribution is 5.77. The van der Waals surface area contributed by atoms with Crippen molar-refractivity contribution in [1.82, 2.24) is 5.48 Å². The van der Waals surface area contributed by atoms with Crippen molar-refractivity contribution in [1.29, 1.82) is 0 Å². The molecule has 0 aliphatic carbocycles. The van der Waals surface area contributed by atoms with Gasteiger partial charge in [0.25, 0.3) is 5.79 Å². The monoisotopic (exact) mass is 358 g/mol. The minimum Gasteiger partial charge on any atom is -0.508 e. The summed E-state index contributed by atoms with van der Waals surface area (Å²) in [4.78, 5) is 16.5. The van der Waals surface area contributed by atoms with E-state index in [9.17, 15) is 20.1 Å². The van der Waals surface area contributed by atoms with E-state index in [2.05, 4.69) is 5.48 Å². The summed E-state index contributed by atoms with van der Waals surface area (Å²) in [7, 11) is 0. The number of phenolic OH excluding ortho intramolecular Hbond substituents is 2. The van der Waals surface area contributed by atoms with Crippen LogP contribution in [0.15, 0.2) is 42.7 Å². The molecule has 0 saturated carbocycles. The van der Waals surface area contributed by atoms with Crippen LogP contribution in [0.25, 0.3) is 5.57 Å². The molecule has 0 bridgehead atoms. The fourth-order valence-corrected chi connectivity index (χ4v) is 2.69. The van der Waals surface area contributed by atoms with Crippen molar-refractivity contribution in [2.24, 2.45) is 5.73 Å². The van der Waals surface area contributed by atoms with Crippen LogP contribution in [0.5, 0.6) is 17.2 Å². The van der Waals surface area contributed by atoms with E-state index in [4.69, 9.17) is 15.3 Å². The van der Waals surface area contributed by atoms with Crippen LogP contribution in [0.3, 0.4) is 0 Å². The molecule has 2 aromatic carbocycles. The van der Waals surface area contributed by atoms with Gasteiger partial charge in [-0.3, -0.25) is 4.79 Å². The van der Waals surface area contributed by atoms with Gasteiger partial charge in [0.15, 0.2) is 0 Å². The molecule has 1 atom stereocenters. The van der Waals surface area contributed by atoms with E-state index in [1.54, 1.807) is 24.3 Å². The molecule has 1 heterocycles. The quantitative estimate of drug-likeness (QED) is 0.409. The zero-order chi connectivity index (χ0) is 18.9. The van der Waals surface area contributed by atoms with Crippen LogP contribution in [0.4, 0.5) is 0 Å². The smallest absolute Gasteiger partial charge is 0.254 e. The van der Waals surface area contributed by atoms with Gasteiger partial charge in [0, 0.05) is 25.6 Å². The molecular weight excluding hydrogens is 340 g/mol. The summed E-state index contributed by atoms with van der Waals surface area (Å²) in [5.41, 5.74) is 9.07. The fraction of sp³-hybridized carbons (Fsp3) is 0.167. The topological polar surface area (TPSA) is 134 Å². The highest BCUT2D eigenvalue weighted by Gasteiger charge is 2.45. The van der Waals surface area contributed by atoms with Gasteiger partial charge in [0.05, 0.1) is 5.57 Å². The standard InChI is InChI=1S/C18H18N2O6/c1-10(21)20-26-18(24)14(12-4-2-11(8-19)3-5-12)9-25-16-7-13(22)6-15(23)17(16)18/h2-7,9,22-24H,8,19H2,1H3,(H,20,21). The van der Waals surface area contributed by atoms with E-state index in [1.807, 2.05) is 0 Å². The Bertz CT molecular complexity index is 878. The Labute approximate surface area is 149 Å². The number of carbonyl (C=O) groups is 1. The molecule has 1 amide bonds. The Kier molecular flexibility index (Phi) is 4.56. The maximum atomic E-state index is 11.3. The summed E-state index contributed by atoms with van der Waals surface area (Å²) in [5, 5.41) is 31.1. The number of hydroxylamine groups is 1. The summed E-state index contributed by atoms with van der Waals surface area (Å²) in [5.74, 6) is -3.54. The van der Waals surface area contributed by atoms with E-state index < -0.39 is 17.4 Å². The maximum Gasteiger partial charge on any atom is 0.254 e. The van der Waals surface area contributed by atoms with E-state index in [-0.39, 0.29) is 22.6 Å². The van der Waals surface area contributed by atoms with Gasteiger partial charge >= 0.3 is 0 Å². The third-order valence-corrected chi connectivity index (χ3v) is 3.92. The van der Waals surface area contributed by atoms with Crippen molar-refractivity contribution < 1.29 is 29.7 Å². The highest BCUT2D eigenvalue weighted by atomic mass is 16.7. The second kappa shape index (κ2) is 6.68. The van der Waals surface area contributed by atoms with E-state index in [0.29, 0.717) is 12.1 Å². The summed E-state index contributed by atoms with van der Waals surface area (Å²) in [6.07, 6.45) is 1.22. The molecule has 8 heteroatoms. The molecule has 0 aromatic heterocycles. The van der Waals surface area contributed by atoms with Gasteiger partial charge in [-0.1, -0.05) is 24.3 Å². The molecule has 0 fully saturated rings. The van der Waals surface area contributed by atoms with Gasteiger partial charge in [0.2, 0.25) is 5.91 Å². The fourth-order valence-electron chi connectivity index (χ4n) is 2.69. The molecule has 1 unspecified atom stereocenters. The molecule has 3 rings (SSSR count). The van der Waals surface area contributed by atoms with Crippen molar-refractivity contribution in [3.8, 4) is 17.2 Å². The number of phenols is 2. The van der Waals surface area contributed by atoms with Gasteiger partial charge in [-0.15, -0.1) is 0 Å². The first-order chi connectivity index (χ1) is 12.3. The molecule has 26 heavy (non-hydrogen) atoms. The molecule has 0 saturated heterocycles. The second-order valence-corrected chi connectivity index (χ2v) is 5.79. The summed E-state index contributed by atoms with van der Waals surface area (Å²) in [6, 6.07) is 9.17. The van der Waals surface area contributed by atoms with Crippen LogP contribution in [0.1, 0.15) is 23.6 Å². The van der Waals surface area contributed by atoms with Crippen LogP contribution in [-0.4, -0.2) is 21.2 Å². The largest absolute Gasteiger partial charge is 0.508 e. The molecule has 6 N–H and O–H groups in total. The number of rotatable bonds is 4. The number of amides is 1. The Balaban J connectivity index is 2.13. The molecule has 0 spiro atoms. The summed E-state index contributed by atoms with van der Waals surface area (Å²) in [6.45, 7) is 1.56. The summed E-state index contributed by atoms with van der Waals surface area (Å²) < 4.78 is 5.45. The van der Waals surface area contributed by atoms with Gasteiger partial charge in [0.1, 0.15) is 29.1 Å². The summed E-state index contributed by atoms with van der Waals surface area (Å²) >= 11 is 0. The zero-order valence-electron chi connectivity index (χ0n) is 13.9. The number of hydrogen-bond donors (Lipinski definition) is 5. The second-order valence-electron chi connectivity index (χ2n) is 5.79. The number of ether oxygens (including phenoxy) is 1. The highest BCUT2D eigenvalue weighted by Crippen LogP contribution is 2.49. The number of aliphatic hydroxyl groups is 1. The van der Waals surface area contributed by atoms with Crippen LogP contribution < -0.4 is 16.0 Å². The Morgan fingerprint density at radius 2 is 1.96 bits per heavy atom. The van der Waals surface area contributed by atoms with Gasteiger partial charge in [-0.25, -0.2) is 10.3 Å².